The van der Waals surface area contributed by atoms with Crippen molar-refractivity contribution >= 4 is 27.4 Å². The van der Waals surface area contributed by atoms with Gasteiger partial charge in [-0.15, -0.1) is 0 Å². The second kappa shape index (κ2) is 6.21. The molecular weight excluding hydrogens is 354 g/mol. The fraction of sp³-hybridized carbons (Fsp3) is 0.611. The Labute approximate surface area is 154 Å². The zero-order valence-electron chi connectivity index (χ0n) is 14.2. The second-order valence-corrected chi connectivity index (χ2v) is 10.2. The molecular formula is C18H25N3O2S2. The van der Waals surface area contributed by atoms with E-state index in [1.165, 1.54) is 50.7 Å². The molecule has 1 aromatic rings. The van der Waals surface area contributed by atoms with Crippen LogP contribution in [0.2, 0.25) is 0 Å². The molecule has 0 aliphatic heterocycles. The van der Waals surface area contributed by atoms with Gasteiger partial charge in [0.25, 0.3) is 0 Å². The topological polar surface area (TPSA) is 84.2 Å². The summed E-state index contributed by atoms with van der Waals surface area (Å²) in [7, 11) is -3.64. The fourth-order valence-corrected chi connectivity index (χ4v) is 6.33. The van der Waals surface area contributed by atoms with Crippen molar-refractivity contribution in [3.8, 4) is 0 Å². The first-order chi connectivity index (χ1) is 11.8. The molecule has 0 heterocycles. The number of benzene rings is 1. The zero-order valence-corrected chi connectivity index (χ0v) is 15.8. The van der Waals surface area contributed by atoms with Gasteiger partial charge >= 0.3 is 0 Å². The van der Waals surface area contributed by atoms with Gasteiger partial charge in [-0.2, -0.15) is 0 Å². The van der Waals surface area contributed by atoms with E-state index in [-0.39, 0.29) is 10.4 Å². The average molecular weight is 380 g/mol. The van der Waals surface area contributed by atoms with E-state index in [2.05, 4.69) is 10.6 Å². The lowest BCUT2D eigenvalue weighted by Crippen LogP contribution is -2.61. The Morgan fingerprint density at radius 1 is 1.08 bits per heavy atom. The van der Waals surface area contributed by atoms with Gasteiger partial charge in [-0.05, 0) is 86.2 Å². The predicted octanol–water partition coefficient (Wildman–Crippen LogP) is 2.27. The lowest BCUT2D eigenvalue weighted by molar-refractivity contribution is -0.0101. The van der Waals surface area contributed by atoms with E-state index in [0.717, 1.165) is 23.3 Å². The summed E-state index contributed by atoms with van der Waals surface area (Å²) >= 11 is 5.54. The molecule has 0 spiro atoms. The van der Waals surface area contributed by atoms with E-state index in [1.54, 1.807) is 12.1 Å². The van der Waals surface area contributed by atoms with E-state index in [4.69, 9.17) is 17.4 Å². The molecule has 25 heavy (non-hydrogen) atoms. The first-order valence-corrected chi connectivity index (χ1v) is 10.9. The molecule has 5 rings (SSSR count). The summed E-state index contributed by atoms with van der Waals surface area (Å²) in [5, 5.41) is 12.7. The molecule has 0 radical (unpaired) electrons. The van der Waals surface area contributed by atoms with E-state index in [1.807, 2.05) is 0 Å². The molecule has 0 unspecified atom stereocenters. The number of primary sulfonamides is 1. The zero-order chi connectivity index (χ0) is 17.7. The average Bonchev–Trinajstić information content (AvgIpc) is 2.50. The predicted molar refractivity (Wildman–Crippen MR) is 101 cm³/mol. The molecule has 7 heteroatoms. The summed E-state index contributed by atoms with van der Waals surface area (Å²) < 4.78 is 22.6. The number of thiocarbonyl (C=S) groups is 1. The Balaban J connectivity index is 1.34. The van der Waals surface area contributed by atoms with Crippen molar-refractivity contribution in [1.29, 1.82) is 0 Å². The van der Waals surface area contributed by atoms with Crippen molar-refractivity contribution in [2.75, 3.05) is 0 Å². The third kappa shape index (κ3) is 3.68. The maximum Gasteiger partial charge on any atom is 0.238 e. The van der Waals surface area contributed by atoms with E-state index in [9.17, 15) is 8.42 Å². The molecule has 4 saturated carbocycles. The monoisotopic (exact) mass is 379 g/mol. The van der Waals surface area contributed by atoms with Crippen LogP contribution in [0.1, 0.15) is 44.1 Å². The van der Waals surface area contributed by atoms with Crippen molar-refractivity contribution in [2.45, 2.75) is 55.5 Å². The molecule has 1 aromatic carbocycles. The normalized spacial score (nSPS) is 33.2. The Morgan fingerprint density at radius 2 is 1.60 bits per heavy atom. The van der Waals surface area contributed by atoms with Gasteiger partial charge in [-0.25, -0.2) is 13.6 Å². The maximum absolute atomic E-state index is 11.3. The maximum atomic E-state index is 11.3. The van der Waals surface area contributed by atoms with Gasteiger partial charge in [-0.1, -0.05) is 12.1 Å². The first kappa shape index (κ1) is 17.2. The SMILES string of the molecule is NS(=O)(=O)c1ccc(CNC(=S)NC23CC4CC(CC(C4)C2)C3)cc1. The summed E-state index contributed by atoms with van der Waals surface area (Å²) in [5.74, 6) is 2.65. The van der Waals surface area contributed by atoms with Crippen molar-refractivity contribution in [3.63, 3.8) is 0 Å². The van der Waals surface area contributed by atoms with E-state index in [0.29, 0.717) is 11.7 Å². The molecule has 4 aliphatic rings. The molecule has 4 fully saturated rings. The minimum absolute atomic E-state index is 0.130. The van der Waals surface area contributed by atoms with Gasteiger partial charge in [-0.3, -0.25) is 0 Å². The quantitative estimate of drug-likeness (QED) is 0.699. The largest absolute Gasteiger partial charge is 0.359 e. The van der Waals surface area contributed by atoms with Crippen LogP contribution in [0.15, 0.2) is 29.2 Å². The molecule has 4 bridgehead atoms. The molecule has 0 atom stereocenters. The van der Waals surface area contributed by atoms with Crippen LogP contribution in [-0.2, 0) is 16.6 Å². The highest BCUT2D eigenvalue weighted by atomic mass is 32.2. The number of hydrogen-bond donors (Lipinski definition) is 3. The first-order valence-electron chi connectivity index (χ1n) is 8.99. The molecule has 5 nitrogen and oxygen atoms in total. The summed E-state index contributed by atoms with van der Waals surface area (Å²) in [6.45, 7) is 0.573. The minimum Gasteiger partial charge on any atom is -0.359 e. The summed E-state index contributed by atoms with van der Waals surface area (Å²) in [4.78, 5) is 0.130. The Kier molecular flexibility index (Phi) is 4.29. The van der Waals surface area contributed by atoms with Crippen molar-refractivity contribution < 1.29 is 8.42 Å². The fourth-order valence-electron chi connectivity index (χ4n) is 5.53. The molecule has 136 valence electrons. The lowest BCUT2D eigenvalue weighted by atomic mass is 9.53. The summed E-state index contributed by atoms with van der Waals surface area (Å²) in [6.07, 6.45) is 8.00. The van der Waals surface area contributed by atoms with Gasteiger partial charge < -0.3 is 10.6 Å². The standard InChI is InChI=1S/C18H25N3O2S2/c19-25(22,23)16-3-1-12(2-4-16)11-20-17(24)21-18-8-13-5-14(9-18)7-15(6-13)10-18/h1-4,13-15H,5-11H2,(H2,19,22,23)(H2,20,21,24). The highest BCUT2D eigenvalue weighted by molar-refractivity contribution is 7.89. The third-order valence-corrected chi connectivity index (χ3v) is 7.30. The van der Waals surface area contributed by atoms with Crippen molar-refractivity contribution in [1.82, 2.24) is 10.6 Å². The summed E-state index contributed by atoms with van der Waals surface area (Å²) in [5.41, 5.74) is 1.18. The molecule has 4 aliphatic carbocycles. The lowest BCUT2D eigenvalue weighted by Gasteiger charge is -2.57. The van der Waals surface area contributed by atoms with Crippen LogP contribution in [0.4, 0.5) is 0 Å². The van der Waals surface area contributed by atoms with Crippen LogP contribution in [-0.4, -0.2) is 19.1 Å². The molecule has 0 aromatic heterocycles. The minimum atomic E-state index is -3.64. The van der Waals surface area contributed by atoms with Crippen LogP contribution in [0.3, 0.4) is 0 Å². The number of rotatable bonds is 4. The van der Waals surface area contributed by atoms with Crippen LogP contribution in [0, 0.1) is 17.8 Å². The number of hydrogen-bond acceptors (Lipinski definition) is 3. The van der Waals surface area contributed by atoms with Crippen LogP contribution in [0.25, 0.3) is 0 Å². The summed E-state index contributed by atoms with van der Waals surface area (Å²) in [6, 6.07) is 6.59. The van der Waals surface area contributed by atoms with E-state index < -0.39 is 10.0 Å². The number of sulfonamides is 1. The Bertz CT molecular complexity index is 739. The molecule has 0 amide bonds. The highest BCUT2D eigenvalue weighted by Gasteiger charge is 2.51. The smallest absolute Gasteiger partial charge is 0.238 e. The Hall–Kier alpha value is -1.18. The van der Waals surface area contributed by atoms with Gasteiger partial charge in [0, 0.05) is 12.1 Å². The number of nitrogens with one attached hydrogen (secondary N) is 2. The second-order valence-electron chi connectivity index (χ2n) is 8.19. The van der Waals surface area contributed by atoms with Crippen LogP contribution < -0.4 is 15.8 Å². The van der Waals surface area contributed by atoms with E-state index >= 15 is 0 Å². The van der Waals surface area contributed by atoms with Gasteiger partial charge in [0.2, 0.25) is 10.0 Å². The third-order valence-electron chi connectivity index (χ3n) is 6.12. The van der Waals surface area contributed by atoms with Crippen LogP contribution in [0.5, 0.6) is 0 Å². The highest BCUT2D eigenvalue weighted by Crippen LogP contribution is 2.55. The number of nitrogens with two attached hydrogens (primary N) is 1. The Morgan fingerprint density at radius 3 is 2.08 bits per heavy atom. The van der Waals surface area contributed by atoms with Gasteiger partial charge in [0.15, 0.2) is 5.11 Å². The van der Waals surface area contributed by atoms with Crippen molar-refractivity contribution in [3.05, 3.63) is 29.8 Å². The van der Waals surface area contributed by atoms with Crippen LogP contribution >= 0.6 is 12.2 Å². The van der Waals surface area contributed by atoms with Gasteiger partial charge in [0.05, 0.1) is 4.90 Å². The molecule has 4 N–H and O–H groups in total. The van der Waals surface area contributed by atoms with Gasteiger partial charge in [0.1, 0.15) is 0 Å². The molecule has 0 saturated heterocycles. The van der Waals surface area contributed by atoms with Crippen molar-refractivity contribution in [2.24, 2.45) is 22.9 Å².